The van der Waals surface area contributed by atoms with Crippen LogP contribution in [0.3, 0.4) is 0 Å². The average molecular weight is 256 g/mol. The summed E-state index contributed by atoms with van der Waals surface area (Å²) in [5.41, 5.74) is 4.03. The topological polar surface area (TPSA) is 43.4 Å². The van der Waals surface area contributed by atoms with E-state index in [-0.39, 0.29) is 5.63 Å². The molecule has 0 unspecified atom stereocenters. The molecule has 0 bridgehead atoms. The van der Waals surface area contributed by atoms with E-state index in [4.69, 9.17) is 8.83 Å². The van der Waals surface area contributed by atoms with Gasteiger partial charge in [0.2, 0.25) is 0 Å². The normalized spacial score (nSPS) is 11.6. The van der Waals surface area contributed by atoms with Crippen molar-refractivity contribution in [3.05, 3.63) is 45.0 Å². The lowest BCUT2D eigenvalue weighted by atomic mass is 10.0. The largest absolute Gasteiger partial charge is 0.461 e. The van der Waals surface area contributed by atoms with Crippen LogP contribution in [0.25, 0.3) is 21.9 Å². The molecule has 0 saturated heterocycles. The number of benzene rings is 1. The molecule has 0 aliphatic heterocycles. The zero-order chi connectivity index (χ0) is 13.7. The van der Waals surface area contributed by atoms with Gasteiger partial charge in [-0.15, -0.1) is 0 Å². The first kappa shape index (κ1) is 12.0. The summed E-state index contributed by atoms with van der Waals surface area (Å²) in [4.78, 5) is 11.9. The summed E-state index contributed by atoms with van der Waals surface area (Å²) >= 11 is 0. The third kappa shape index (κ3) is 1.61. The van der Waals surface area contributed by atoms with Crippen LogP contribution in [-0.2, 0) is 6.42 Å². The summed E-state index contributed by atoms with van der Waals surface area (Å²) in [5.74, 6) is 0.904. The Labute approximate surface area is 110 Å². The zero-order valence-electron chi connectivity index (χ0n) is 11.6. The van der Waals surface area contributed by atoms with Gasteiger partial charge < -0.3 is 8.83 Å². The van der Waals surface area contributed by atoms with Gasteiger partial charge in [0.1, 0.15) is 16.9 Å². The van der Waals surface area contributed by atoms with Gasteiger partial charge in [-0.3, -0.25) is 0 Å². The van der Waals surface area contributed by atoms with Crippen LogP contribution in [0.4, 0.5) is 0 Å². The van der Waals surface area contributed by atoms with Crippen LogP contribution in [0.2, 0.25) is 0 Å². The van der Waals surface area contributed by atoms with E-state index in [1.165, 1.54) is 0 Å². The standard InChI is InChI=1S/C16H16O3/c1-5-11-9(3)13-6-12-8(2)10(4)18-14(12)7-15(13)19-16(11)17/h6-7H,5H2,1-4H3. The van der Waals surface area contributed by atoms with Crippen molar-refractivity contribution in [2.75, 3.05) is 0 Å². The Morgan fingerprint density at radius 1 is 0.947 bits per heavy atom. The maximum absolute atomic E-state index is 11.9. The molecule has 2 heterocycles. The molecule has 0 N–H and O–H groups in total. The van der Waals surface area contributed by atoms with Crippen LogP contribution in [0.1, 0.15) is 29.4 Å². The first-order valence-corrected chi connectivity index (χ1v) is 6.49. The van der Waals surface area contributed by atoms with E-state index in [2.05, 4.69) is 6.07 Å². The highest BCUT2D eigenvalue weighted by atomic mass is 16.4. The van der Waals surface area contributed by atoms with Gasteiger partial charge in [-0.1, -0.05) is 6.92 Å². The van der Waals surface area contributed by atoms with Gasteiger partial charge in [0.25, 0.3) is 0 Å². The van der Waals surface area contributed by atoms with E-state index < -0.39 is 0 Å². The summed E-state index contributed by atoms with van der Waals surface area (Å²) < 4.78 is 11.1. The molecule has 98 valence electrons. The molecule has 3 nitrogen and oxygen atoms in total. The molecule has 2 aromatic heterocycles. The number of hydrogen-bond acceptors (Lipinski definition) is 3. The van der Waals surface area contributed by atoms with Crippen LogP contribution in [-0.4, -0.2) is 0 Å². The fourth-order valence-electron chi connectivity index (χ4n) is 2.63. The second kappa shape index (κ2) is 3.98. The molecular formula is C16H16O3. The van der Waals surface area contributed by atoms with Crippen LogP contribution < -0.4 is 5.63 Å². The summed E-state index contributed by atoms with van der Waals surface area (Å²) in [6.45, 7) is 7.94. The minimum Gasteiger partial charge on any atom is -0.461 e. The molecule has 0 amide bonds. The molecule has 3 heteroatoms. The van der Waals surface area contributed by atoms with Crippen molar-refractivity contribution >= 4 is 21.9 Å². The molecule has 0 spiro atoms. The van der Waals surface area contributed by atoms with Crippen molar-refractivity contribution in [1.29, 1.82) is 0 Å². The summed E-state index contributed by atoms with van der Waals surface area (Å²) in [6, 6.07) is 3.88. The first-order valence-electron chi connectivity index (χ1n) is 6.49. The summed E-state index contributed by atoms with van der Waals surface area (Å²) in [5, 5.41) is 2.08. The molecule has 0 fully saturated rings. The predicted octanol–water partition coefficient (Wildman–Crippen LogP) is 4.03. The molecule has 0 radical (unpaired) electrons. The Kier molecular flexibility index (Phi) is 2.52. The maximum atomic E-state index is 11.9. The van der Waals surface area contributed by atoms with Crippen molar-refractivity contribution in [3.63, 3.8) is 0 Å². The number of aryl methyl sites for hydroxylation is 3. The van der Waals surface area contributed by atoms with E-state index in [9.17, 15) is 4.79 Å². The highest BCUT2D eigenvalue weighted by Gasteiger charge is 2.14. The van der Waals surface area contributed by atoms with E-state index in [0.29, 0.717) is 12.0 Å². The second-order valence-electron chi connectivity index (χ2n) is 4.97. The van der Waals surface area contributed by atoms with Crippen LogP contribution >= 0.6 is 0 Å². The van der Waals surface area contributed by atoms with Crippen molar-refractivity contribution in [2.24, 2.45) is 0 Å². The third-order valence-electron chi connectivity index (χ3n) is 3.94. The van der Waals surface area contributed by atoms with Gasteiger partial charge in [-0.25, -0.2) is 4.79 Å². The third-order valence-corrected chi connectivity index (χ3v) is 3.94. The van der Waals surface area contributed by atoms with Gasteiger partial charge in [-0.2, -0.15) is 0 Å². The van der Waals surface area contributed by atoms with E-state index in [0.717, 1.165) is 38.8 Å². The van der Waals surface area contributed by atoms with Crippen molar-refractivity contribution in [3.8, 4) is 0 Å². The number of hydrogen-bond donors (Lipinski definition) is 0. The number of furan rings is 1. The van der Waals surface area contributed by atoms with Gasteiger partial charge in [-0.05, 0) is 44.4 Å². The molecule has 19 heavy (non-hydrogen) atoms. The predicted molar refractivity (Wildman–Crippen MR) is 75.8 cm³/mol. The fraction of sp³-hybridized carbons (Fsp3) is 0.312. The fourth-order valence-corrected chi connectivity index (χ4v) is 2.63. The minimum atomic E-state index is -0.244. The Balaban J connectivity index is 2.52. The molecule has 3 aromatic rings. The quantitative estimate of drug-likeness (QED) is 0.617. The zero-order valence-corrected chi connectivity index (χ0v) is 11.6. The Morgan fingerprint density at radius 3 is 2.26 bits per heavy atom. The van der Waals surface area contributed by atoms with Crippen LogP contribution in [0.5, 0.6) is 0 Å². The SMILES string of the molecule is CCc1c(C)c2cc3c(C)c(C)oc3cc2oc1=O. The molecule has 3 rings (SSSR count). The van der Waals surface area contributed by atoms with Gasteiger partial charge >= 0.3 is 5.63 Å². The molecule has 0 aliphatic rings. The molecule has 0 saturated carbocycles. The smallest absolute Gasteiger partial charge is 0.339 e. The van der Waals surface area contributed by atoms with Gasteiger partial charge in [0.05, 0.1) is 0 Å². The monoisotopic (exact) mass is 256 g/mol. The van der Waals surface area contributed by atoms with Crippen molar-refractivity contribution in [1.82, 2.24) is 0 Å². The van der Waals surface area contributed by atoms with E-state index in [1.807, 2.05) is 33.8 Å². The Bertz CT molecular complexity index is 850. The van der Waals surface area contributed by atoms with Crippen molar-refractivity contribution < 1.29 is 8.83 Å². The minimum absolute atomic E-state index is 0.244. The molecule has 0 atom stereocenters. The molecule has 1 aromatic carbocycles. The lowest BCUT2D eigenvalue weighted by molar-refractivity contribution is 0.546. The second-order valence-corrected chi connectivity index (χ2v) is 4.97. The van der Waals surface area contributed by atoms with E-state index >= 15 is 0 Å². The summed E-state index contributed by atoms with van der Waals surface area (Å²) in [6.07, 6.45) is 0.686. The first-order chi connectivity index (χ1) is 9.02. The van der Waals surface area contributed by atoms with Crippen LogP contribution in [0.15, 0.2) is 25.8 Å². The molecular weight excluding hydrogens is 240 g/mol. The van der Waals surface area contributed by atoms with E-state index in [1.54, 1.807) is 0 Å². The van der Waals surface area contributed by atoms with Gasteiger partial charge in [0.15, 0.2) is 0 Å². The Morgan fingerprint density at radius 2 is 1.58 bits per heavy atom. The van der Waals surface area contributed by atoms with Crippen LogP contribution in [0, 0.1) is 20.8 Å². The lowest BCUT2D eigenvalue weighted by Crippen LogP contribution is -2.08. The number of rotatable bonds is 1. The lowest BCUT2D eigenvalue weighted by Gasteiger charge is -2.05. The highest BCUT2D eigenvalue weighted by Crippen LogP contribution is 2.30. The van der Waals surface area contributed by atoms with Crippen molar-refractivity contribution in [2.45, 2.75) is 34.1 Å². The summed E-state index contributed by atoms with van der Waals surface area (Å²) in [7, 11) is 0. The Hall–Kier alpha value is -2.03. The highest BCUT2D eigenvalue weighted by molar-refractivity contribution is 5.96. The number of fused-ring (bicyclic) bond motifs is 2. The molecule has 0 aliphatic carbocycles. The average Bonchev–Trinajstić information content (AvgIpc) is 2.63. The maximum Gasteiger partial charge on any atom is 0.339 e. The van der Waals surface area contributed by atoms with Gasteiger partial charge in [0, 0.05) is 22.4 Å².